The number of piperidine rings is 1. The number of rotatable bonds is 11. The number of nitrogens with zero attached hydrogens (tertiary/aromatic N) is 4. The van der Waals surface area contributed by atoms with Crippen LogP contribution in [0.5, 0.6) is 5.75 Å². The Morgan fingerprint density at radius 3 is 2.46 bits per heavy atom. The number of anilines is 1. The molecule has 4 rings (SSSR count). The van der Waals surface area contributed by atoms with Gasteiger partial charge in [0, 0.05) is 55.5 Å². The predicted molar refractivity (Wildman–Crippen MR) is 157 cm³/mol. The number of nitrogens with two attached hydrogens (primary N) is 1. The minimum absolute atomic E-state index is 0.404. The largest absolute Gasteiger partial charge is 0.494 e. The number of primary amides is 1. The van der Waals surface area contributed by atoms with Crippen molar-refractivity contribution in [3.05, 3.63) is 82.4 Å². The molecule has 1 aliphatic rings. The van der Waals surface area contributed by atoms with E-state index in [-0.39, 0.29) is 0 Å². The van der Waals surface area contributed by atoms with Gasteiger partial charge in [-0.15, -0.1) is 0 Å². The molecule has 7 nitrogen and oxygen atoms in total. The van der Waals surface area contributed by atoms with Crippen LogP contribution in [-0.4, -0.2) is 52.6 Å². The van der Waals surface area contributed by atoms with Gasteiger partial charge in [-0.1, -0.05) is 0 Å². The van der Waals surface area contributed by atoms with Gasteiger partial charge < -0.3 is 20.3 Å². The highest BCUT2D eigenvalue weighted by Crippen LogP contribution is 2.29. The SMILES string of the molecule is CCOc1ccc(N(Cc2cnccc2C)C2CCN([C@H](C)CCc3cc(C)c(C(N)=O)c(C)n3)CC2)cc1. The zero-order chi connectivity index (χ0) is 27.9. The average Bonchev–Trinajstić information content (AvgIpc) is 2.91. The van der Waals surface area contributed by atoms with Gasteiger partial charge in [-0.3, -0.25) is 14.8 Å². The molecular weight excluding hydrogens is 486 g/mol. The molecule has 1 atom stereocenters. The summed E-state index contributed by atoms with van der Waals surface area (Å²) in [4.78, 5) is 25.9. The van der Waals surface area contributed by atoms with E-state index in [9.17, 15) is 4.79 Å². The van der Waals surface area contributed by atoms with E-state index in [1.54, 1.807) is 0 Å². The molecule has 1 saturated heterocycles. The predicted octanol–water partition coefficient (Wildman–Crippen LogP) is 5.39. The van der Waals surface area contributed by atoms with Crippen molar-refractivity contribution in [2.75, 3.05) is 24.6 Å². The molecular formula is C32H43N5O2. The van der Waals surface area contributed by atoms with Crippen LogP contribution in [0.2, 0.25) is 0 Å². The molecule has 3 aromatic rings. The molecule has 1 aromatic carbocycles. The minimum Gasteiger partial charge on any atom is -0.494 e. The maximum Gasteiger partial charge on any atom is 0.250 e. The lowest BCUT2D eigenvalue weighted by Crippen LogP contribution is -2.47. The molecule has 1 amide bonds. The van der Waals surface area contributed by atoms with Gasteiger partial charge in [0.25, 0.3) is 5.91 Å². The van der Waals surface area contributed by atoms with Gasteiger partial charge in [-0.05, 0) is 113 Å². The van der Waals surface area contributed by atoms with E-state index in [0.29, 0.717) is 24.3 Å². The van der Waals surface area contributed by atoms with Crippen molar-refractivity contribution in [1.82, 2.24) is 14.9 Å². The number of pyridine rings is 2. The molecule has 1 fully saturated rings. The van der Waals surface area contributed by atoms with E-state index >= 15 is 0 Å². The second-order valence-corrected chi connectivity index (χ2v) is 10.8. The summed E-state index contributed by atoms with van der Waals surface area (Å²) >= 11 is 0. The zero-order valence-electron chi connectivity index (χ0n) is 24.1. The second kappa shape index (κ2) is 13.1. The quantitative estimate of drug-likeness (QED) is 0.358. The fourth-order valence-corrected chi connectivity index (χ4v) is 5.77. The summed E-state index contributed by atoms with van der Waals surface area (Å²) in [6.07, 6.45) is 8.01. The van der Waals surface area contributed by atoms with Crippen LogP contribution >= 0.6 is 0 Å². The molecule has 0 spiro atoms. The third-order valence-electron chi connectivity index (χ3n) is 8.05. The molecule has 1 aliphatic heterocycles. The first kappa shape index (κ1) is 28.6. The van der Waals surface area contributed by atoms with E-state index in [1.807, 2.05) is 39.2 Å². The van der Waals surface area contributed by atoms with Crippen LogP contribution in [0, 0.1) is 20.8 Å². The fourth-order valence-electron chi connectivity index (χ4n) is 5.77. The molecule has 0 radical (unpaired) electrons. The normalized spacial score (nSPS) is 15.2. The smallest absolute Gasteiger partial charge is 0.250 e. The summed E-state index contributed by atoms with van der Waals surface area (Å²) in [5.41, 5.74) is 12.5. The standard InChI is InChI=1S/C32H43N5O2/c1-6-39-30-11-9-28(10-12-30)37(21-26-20-34-16-13-22(26)2)29-14-17-36(18-15-29)24(4)7-8-27-19-23(3)31(32(33)38)25(5)35-27/h9-13,16,19-20,24,29H,6-8,14-15,17-18,21H2,1-5H3,(H2,33,38)/t24-/m1/s1. The summed E-state index contributed by atoms with van der Waals surface area (Å²) in [6, 6.07) is 13.6. The first-order chi connectivity index (χ1) is 18.8. The third kappa shape index (κ3) is 7.15. The number of carbonyl (C=O) groups excluding carboxylic acids is 1. The van der Waals surface area contributed by atoms with Gasteiger partial charge in [0.05, 0.1) is 17.9 Å². The number of aromatic nitrogens is 2. The molecule has 3 heterocycles. The summed E-state index contributed by atoms with van der Waals surface area (Å²) in [7, 11) is 0. The van der Waals surface area contributed by atoms with E-state index in [1.165, 1.54) is 16.8 Å². The number of amides is 1. The molecule has 0 unspecified atom stereocenters. The number of hydrogen-bond donors (Lipinski definition) is 1. The Kier molecular flexibility index (Phi) is 9.57. The monoisotopic (exact) mass is 529 g/mol. The Morgan fingerprint density at radius 2 is 1.85 bits per heavy atom. The van der Waals surface area contributed by atoms with Gasteiger partial charge in [-0.25, -0.2) is 0 Å². The number of benzene rings is 1. The highest BCUT2D eigenvalue weighted by Gasteiger charge is 2.28. The number of hydrogen-bond acceptors (Lipinski definition) is 6. The van der Waals surface area contributed by atoms with Gasteiger partial charge in [0.15, 0.2) is 0 Å². The van der Waals surface area contributed by atoms with Crippen LogP contribution in [0.15, 0.2) is 48.8 Å². The molecule has 0 bridgehead atoms. The summed E-state index contributed by atoms with van der Waals surface area (Å²) in [6.45, 7) is 14.0. The maximum absolute atomic E-state index is 11.7. The van der Waals surface area contributed by atoms with Crippen molar-refractivity contribution >= 4 is 11.6 Å². The second-order valence-electron chi connectivity index (χ2n) is 10.8. The lowest BCUT2D eigenvalue weighted by molar-refractivity contribution is 0.0998. The number of ether oxygens (including phenoxy) is 1. The lowest BCUT2D eigenvalue weighted by atomic mass is 9.98. The Balaban J connectivity index is 1.40. The number of aryl methyl sites for hydroxylation is 4. The first-order valence-electron chi connectivity index (χ1n) is 14.2. The fraction of sp³-hybridized carbons (Fsp3) is 0.469. The topological polar surface area (TPSA) is 84.6 Å². The Bertz CT molecular complexity index is 1230. The van der Waals surface area contributed by atoms with Crippen LogP contribution < -0.4 is 15.4 Å². The van der Waals surface area contributed by atoms with Crippen molar-refractivity contribution in [2.24, 2.45) is 5.73 Å². The Labute approximate surface area is 233 Å². The van der Waals surface area contributed by atoms with Crippen LogP contribution in [-0.2, 0) is 13.0 Å². The van der Waals surface area contributed by atoms with Crippen LogP contribution in [0.3, 0.4) is 0 Å². The van der Waals surface area contributed by atoms with E-state index in [2.05, 4.69) is 63.9 Å². The maximum atomic E-state index is 11.7. The number of carbonyl (C=O) groups is 1. The van der Waals surface area contributed by atoms with E-state index < -0.39 is 5.91 Å². The van der Waals surface area contributed by atoms with Crippen molar-refractivity contribution in [3.8, 4) is 5.75 Å². The highest BCUT2D eigenvalue weighted by atomic mass is 16.5. The van der Waals surface area contributed by atoms with Crippen LogP contribution in [0.4, 0.5) is 5.69 Å². The summed E-state index contributed by atoms with van der Waals surface area (Å²) in [5, 5.41) is 0. The van der Waals surface area contributed by atoms with Gasteiger partial charge >= 0.3 is 0 Å². The van der Waals surface area contributed by atoms with Gasteiger partial charge in [0.1, 0.15) is 5.75 Å². The van der Waals surface area contributed by atoms with Crippen molar-refractivity contribution in [1.29, 1.82) is 0 Å². The lowest BCUT2D eigenvalue weighted by Gasteiger charge is -2.42. The minimum atomic E-state index is -0.404. The summed E-state index contributed by atoms with van der Waals surface area (Å²) < 4.78 is 5.69. The summed E-state index contributed by atoms with van der Waals surface area (Å²) in [5.74, 6) is 0.504. The molecule has 39 heavy (non-hydrogen) atoms. The van der Waals surface area contributed by atoms with Crippen molar-refractivity contribution in [2.45, 2.75) is 78.9 Å². The average molecular weight is 530 g/mol. The molecule has 2 aromatic heterocycles. The van der Waals surface area contributed by atoms with Crippen molar-refractivity contribution < 1.29 is 9.53 Å². The molecule has 0 saturated carbocycles. The van der Waals surface area contributed by atoms with Gasteiger partial charge in [0.2, 0.25) is 0 Å². The highest BCUT2D eigenvalue weighted by molar-refractivity contribution is 5.95. The van der Waals surface area contributed by atoms with E-state index in [4.69, 9.17) is 10.5 Å². The van der Waals surface area contributed by atoms with Gasteiger partial charge in [-0.2, -0.15) is 0 Å². The first-order valence-corrected chi connectivity index (χ1v) is 14.2. The molecule has 0 aliphatic carbocycles. The molecule has 7 heteroatoms. The third-order valence-corrected chi connectivity index (χ3v) is 8.05. The van der Waals surface area contributed by atoms with Crippen LogP contribution in [0.1, 0.15) is 71.5 Å². The Morgan fingerprint density at radius 1 is 1.13 bits per heavy atom. The van der Waals surface area contributed by atoms with Crippen LogP contribution in [0.25, 0.3) is 0 Å². The van der Waals surface area contributed by atoms with Crippen molar-refractivity contribution in [3.63, 3.8) is 0 Å². The Hall–Kier alpha value is -3.45. The molecule has 2 N–H and O–H groups in total. The molecule has 208 valence electrons. The van der Waals surface area contributed by atoms with E-state index in [0.717, 1.165) is 68.0 Å². The number of likely N-dealkylation sites (tertiary alicyclic amines) is 1. The zero-order valence-corrected chi connectivity index (χ0v) is 24.1.